The lowest BCUT2D eigenvalue weighted by Gasteiger charge is -2.27. The van der Waals surface area contributed by atoms with Crippen LogP contribution in [-0.2, 0) is 0 Å². The van der Waals surface area contributed by atoms with Gasteiger partial charge in [0.15, 0.2) is 0 Å². The molecule has 0 spiro atoms. The lowest BCUT2D eigenvalue weighted by Crippen LogP contribution is -2.26. The number of benzene rings is 2. The molecule has 2 aromatic carbocycles. The third-order valence-electron chi connectivity index (χ3n) is 3.30. The molecule has 0 bridgehead atoms. The molecule has 0 atom stereocenters. The molecule has 6 N–H and O–H groups in total. The van der Waals surface area contributed by atoms with E-state index in [2.05, 4.69) is 4.90 Å². The van der Waals surface area contributed by atoms with Crippen molar-refractivity contribution in [2.75, 3.05) is 29.5 Å². The molecule has 0 amide bonds. The van der Waals surface area contributed by atoms with E-state index in [1.165, 1.54) is 0 Å². The van der Waals surface area contributed by atoms with Crippen LogP contribution in [0.1, 0.15) is 11.1 Å². The number of rotatable bonds is 4. The Bertz CT molecular complexity index is 556. The highest BCUT2D eigenvalue weighted by Crippen LogP contribution is 2.34. The summed E-state index contributed by atoms with van der Waals surface area (Å²) < 4.78 is 0. The van der Waals surface area contributed by atoms with Crippen LogP contribution in [0.5, 0.6) is 0 Å². The third-order valence-corrected chi connectivity index (χ3v) is 3.30. The molecule has 0 saturated carbocycles. The third kappa shape index (κ3) is 2.86. The molecule has 0 heterocycles. The fourth-order valence-corrected chi connectivity index (χ4v) is 2.34. The zero-order valence-corrected chi connectivity index (χ0v) is 12.1. The van der Waals surface area contributed by atoms with Gasteiger partial charge in [-0.1, -0.05) is 12.1 Å². The van der Waals surface area contributed by atoms with Crippen LogP contribution in [0.25, 0.3) is 0 Å². The molecule has 0 aromatic heterocycles. The van der Waals surface area contributed by atoms with Gasteiger partial charge in [-0.2, -0.15) is 0 Å². The van der Waals surface area contributed by atoms with E-state index in [0.717, 1.165) is 33.9 Å². The summed E-state index contributed by atoms with van der Waals surface area (Å²) in [5, 5.41) is 0. The first kappa shape index (κ1) is 14.2. The Kier molecular flexibility index (Phi) is 4.15. The van der Waals surface area contributed by atoms with Crippen LogP contribution in [0, 0.1) is 13.8 Å². The van der Waals surface area contributed by atoms with Crippen molar-refractivity contribution in [2.45, 2.75) is 13.8 Å². The number of hydrogen-bond acceptors (Lipinski definition) is 4. The molecule has 0 unspecified atom stereocenters. The Hall–Kier alpha value is -2.20. The van der Waals surface area contributed by atoms with Gasteiger partial charge in [-0.25, -0.2) is 0 Å². The summed E-state index contributed by atoms with van der Waals surface area (Å²) in [5.74, 6) is 0. The number of nitrogens with two attached hydrogens (primary N) is 3. The van der Waals surface area contributed by atoms with Crippen LogP contribution in [0.3, 0.4) is 0 Å². The molecule has 2 rings (SSSR count). The fraction of sp³-hybridized carbons (Fsp3) is 0.250. The van der Waals surface area contributed by atoms with Crippen molar-refractivity contribution in [3.8, 4) is 0 Å². The van der Waals surface area contributed by atoms with Gasteiger partial charge in [-0.3, -0.25) is 0 Å². The molecule has 4 nitrogen and oxygen atoms in total. The summed E-state index contributed by atoms with van der Waals surface area (Å²) in [7, 11) is 0. The van der Waals surface area contributed by atoms with Gasteiger partial charge in [0.2, 0.25) is 0 Å². The second kappa shape index (κ2) is 5.84. The number of aryl methyl sites for hydroxylation is 2. The fourth-order valence-electron chi connectivity index (χ4n) is 2.34. The highest BCUT2D eigenvalue weighted by Gasteiger charge is 2.14. The maximum Gasteiger partial charge on any atom is 0.0645 e. The van der Waals surface area contributed by atoms with Crippen LogP contribution in [0.4, 0.5) is 22.7 Å². The minimum Gasteiger partial charge on any atom is -0.397 e. The highest BCUT2D eigenvalue weighted by molar-refractivity contribution is 5.81. The Morgan fingerprint density at radius 2 is 1.30 bits per heavy atom. The van der Waals surface area contributed by atoms with Crippen molar-refractivity contribution in [1.82, 2.24) is 0 Å². The van der Waals surface area contributed by atoms with E-state index in [0.29, 0.717) is 13.1 Å². The van der Waals surface area contributed by atoms with E-state index < -0.39 is 0 Å². The van der Waals surface area contributed by atoms with Crippen molar-refractivity contribution >= 4 is 22.7 Å². The number of anilines is 4. The summed E-state index contributed by atoms with van der Waals surface area (Å²) >= 11 is 0. The maximum atomic E-state index is 6.15. The monoisotopic (exact) mass is 270 g/mol. The number of hydrogen-bond donors (Lipinski definition) is 3. The van der Waals surface area contributed by atoms with Gasteiger partial charge in [0, 0.05) is 13.1 Å². The van der Waals surface area contributed by atoms with Crippen molar-refractivity contribution in [3.05, 3.63) is 47.5 Å². The molecule has 0 radical (unpaired) electrons. The summed E-state index contributed by atoms with van der Waals surface area (Å²) in [5.41, 5.74) is 23.7. The Labute approximate surface area is 120 Å². The molecule has 106 valence electrons. The van der Waals surface area contributed by atoms with Crippen LogP contribution in [0.2, 0.25) is 0 Å². The van der Waals surface area contributed by atoms with E-state index in [9.17, 15) is 0 Å². The first-order valence-corrected chi connectivity index (χ1v) is 6.73. The predicted octanol–water partition coefficient (Wildman–Crippen LogP) is 2.56. The van der Waals surface area contributed by atoms with Gasteiger partial charge >= 0.3 is 0 Å². The van der Waals surface area contributed by atoms with Crippen molar-refractivity contribution in [1.29, 1.82) is 0 Å². The smallest absolute Gasteiger partial charge is 0.0645 e. The summed E-state index contributed by atoms with van der Waals surface area (Å²) in [6.07, 6.45) is 0. The molecule has 4 heteroatoms. The number of nitrogen functional groups attached to an aromatic ring is 2. The van der Waals surface area contributed by atoms with Gasteiger partial charge in [-0.05, 0) is 49.2 Å². The normalized spacial score (nSPS) is 10.6. The molecule has 0 aliphatic heterocycles. The molecular formula is C16H22N4. The summed E-state index contributed by atoms with van der Waals surface area (Å²) in [6, 6.07) is 12.0. The second-order valence-electron chi connectivity index (χ2n) is 5.06. The first-order valence-electron chi connectivity index (χ1n) is 6.73. The zero-order chi connectivity index (χ0) is 14.7. The van der Waals surface area contributed by atoms with Gasteiger partial charge in [0.25, 0.3) is 0 Å². The van der Waals surface area contributed by atoms with Crippen LogP contribution < -0.4 is 22.1 Å². The second-order valence-corrected chi connectivity index (χ2v) is 5.06. The Balaban J connectivity index is 2.50. The Morgan fingerprint density at radius 3 is 1.65 bits per heavy atom. The maximum absolute atomic E-state index is 6.15. The van der Waals surface area contributed by atoms with Gasteiger partial charge < -0.3 is 22.1 Å². The Morgan fingerprint density at radius 1 is 0.850 bits per heavy atom. The van der Waals surface area contributed by atoms with Crippen molar-refractivity contribution in [2.24, 2.45) is 5.73 Å². The van der Waals surface area contributed by atoms with E-state index in [1.807, 2.05) is 50.2 Å². The molecule has 0 aliphatic carbocycles. The lowest BCUT2D eigenvalue weighted by atomic mass is 10.1. The van der Waals surface area contributed by atoms with Crippen LogP contribution in [-0.4, -0.2) is 13.1 Å². The topological polar surface area (TPSA) is 81.3 Å². The highest BCUT2D eigenvalue weighted by atomic mass is 15.2. The van der Waals surface area contributed by atoms with Crippen LogP contribution in [0.15, 0.2) is 36.4 Å². The summed E-state index contributed by atoms with van der Waals surface area (Å²) in [6.45, 7) is 5.24. The van der Waals surface area contributed by atoms with Crippen LogP contribution >= 0.6 is 0 Å². The minimum absolute atomic E-state index is 0.528. The van der Waals surface area contributed by atoms with E-state index in [4.69, 9.17) is 17.2 Å². The molecular weight excluding hydrogens is 248 g/mol. The van der Waals surface area contributed by atoms with Crippen molar-refractivity contribution < 1.29 is 0 Å². The molecule has 0 fully saturated rings. The average molecular weight is 270 g/mol. The number of nitrogens with zero attached hydrogens (tertiary/aromatic N) is 1. The van der Waals surface area contributed by atoms with Crippen molar-refractivity contribution in [3.63, 3.8) is 0 Å². The van der Waals surface area contributed by atoms with Gasteiger partial charge in [-0.15, -0.1) is 0 Å². The van der Waals surface area contributed by atoms with Gasteiger partial charge in [0.05, 0.1) is 22.7 Å². The predicted molar refractivity (Wildman–Crippen MR) is 87.2 cm³/mol. The standard InChI is InChI=1S/C16H22N4/c1-11-3-5-15(13(18)9-11)20(8-7-17)16-6-4-12(2)10-14(16)19/h3-6,9-10H,7-8,17-19H2,1-2H3. The molecule has 0 aliphatic rings. The summed E-state index contributed by atoms with van der Waals surface area (Å²) in [4.78, 5) is 2.07. The zero-order valence-electron chi connectivity index (χ0n) is 12.1. The minimum atomic E-state index is 0.528. The van der Waals surface area contributed by atoms with Gasteiger partial charge in [0.1, 0.15) is 0 Å². The average Bonchev–Trinajstić information content (AvgIpc) is 2.37. The SMILES string of the molecule is Cc1ccc(N(CCN)c2ccc(C)cc2N)c(N)c1. The molecule has 2 aromatic rings. The van der Waals surface area contributed by atoms with E-state index >= 15 is 0 Å². The first-order chi connectivity index (χ1) is 9.52. The van der Waals surface area contributed by atoms with E-state index in [-0.39, 0.29) is 0 Å². The van der Waals surface area contributed by atoms with E-state index in [1.54, 1.807) is 0 Å². The largest absolute Gasteiger partial charge is 0.397 e. The molecule has 20 heavy (non-hydrogen) atoms. The molecule has 0 saturated heterocycles. The lowest BCUT2D eigenvalue weighted by molar-refractivity contribution is 0.924. The quantitative estimate of drug-likeness (QED) is 0.746.